The van der Waals surface area contributed by atoms with Crippen molar-refractivity contribution >= 4 is 12.1 Å². The molecule has 2 atom stereocenters. The summed E-state index contributed by atoms with van der Waals surface area (Å²) in [6.45, 7) is 7.06. The minimum absolute atomic E-state index is 0.187. The van der Waals surface area contributed by atoms with Crippen molar-refractivity contribution in [1.82, 2.24) is 4.90 Å². The topological polar surface area (TPSA) is 66.8 Å². The highest BCUT2D eigenvalue weighted by atomic mass is 16.6. The Kier molecular flexibility index (Phi) is 3.49. The van der Waals surface area contributed by atoms with Crippen LogP contribution in [0.3, 0.4) is 0 Å². The molecule has 2 aliphatic rings. The van der Waals surface area contributed by atoms with Gasteiger partial charge in [0.2, 0.25) is 0 Å². The van der Waals surface area contributed by atoms with E-state index in [1.54, 1.807) is 4.90 Å². The van der Waals surface area contributed by atoms with Gasteiger partial charge in [-0.3, -0.25) is 4.79 Å². The molecular formula is C14H23NO4. The molecule has 0 radical (unpaired) electrons. The molecule has 1 aliphatic heterocycles. The second kappa shape index (κ2) is 4.69. The first-order valence-corrected chi connectivity index (χ1v) is 6.92. The summed E-state index contributed by atoms with van der Waals surface area (Å²) in [5.41, 5.74) is -0.272. The Bertz CT molecular complexity index is 387. The van der Waals surface area contributed by atoms with Gasteiger partial charge in [-0.15, -0.1) is 0 Å². The zero-order valence-electron chi connectivity index (χ0n) is 11.9. The Morgan fingerprint density at radius 2 is 2.11 bits per heavy atom. The monoisotopic (exact) mass is 269 g/mol. The smallest absolute Gasteiger partial charge is 0.410 e. The molecule has 2 rings (SSSR count). The quantitative estimate of drug-likeness (QED) is 0.854. The van der Waals surface area contributed by atoms with E-state index in [1.807, 2.05) is 20.8 Å². The van der Waals surface area contributed by atoms with Crippen LogP contribution >= 0.6 is 0 Å². The lowest BCUT2D eigenvalue weighted by molar-refractivity contribution is -0.137. The summed E-state index contributed by atoms with van der Waals surface area (Å²) in [5, 5.41) is 8.70. The Labute approximate surface area is 113 Å². The Balaban J connectivity index is 1.81. The number of carbonyl (C=O) groups is 2. The average Bonchev–Trinajstić information content (AvgIpc) is 2.71. The molecule has 19 heavy (non-hydrogen) atoms. The molecule has 1 N–H and O–H groups in total. The fourth-order valence-corrected chi connectivity index (χ4v) is 3.02. The van der Waals surface area contributed by atoms with E-state index in [9.17, 15) is 9.59 Å². The number of carboxylic acid groups (broad SMARTS) is 1. The van der Waals surface area contributed by atoms with Crippen LogP contribution in [0.5, 0.6) is 0 Å². The molecule has 2 fully saturated rings. The van der Waals surface area contributed by atoms with Gasteiger partial charge in [0.15, 0.2) is 0 Å². The first-order valence-electron chi connectivity index (χ1n) is 6.92. The number of ether oxygens (including phenoxy) is 1. The Morgan fingerprint density at radius 1 is 1.42 bits per heavy atom. The number of rotatable bonds is 3. The van der Waals surface area contributed by atoms with Gasteiger partial charge in [0, 0.05) is 19.5 Å². The third-order valence-electron chi connectivity index (χ3n) is 4.10. The number of carbonyl (C=O) groups excluding carboxylic acids is 1. The average molecular weight is 269 g/mol. The number of aliphatic carboxylic acids is 1. The third-order valence-corrected chi connectivity index (χ3v) is 4.10. The summed E-state index contributed by atoms with van der Waals surface area (Å²) >= 11 is 0. The van der Waals surface area contributed by atoms with E-state index in [4.69, 9.17) is 9.84 Å². The minimum atomic E-state index is -0.732. The van der Waals surface area contributed by atoms with Crippen LogP contribution in [-0.2, 0) is 9.53 Å². The normalized spacial score (nSPS) is 29.6. The second-order valence-electron chi connectivity index (χ2n) is 6.85. The maximum Gasteiger partial charge on any atom is 0.410 e. The summed E-state index contributed by atoms with van der Waals surface area (Å²) in [5.74, 6) is -0.264. The lowest BCUT2D eigenvalue weighted by Gasteiger charge is -2.24. The Morgan fingerprint density at radius 3 is 2.68 bits per heavy atom. The summed E-state index contributed by atoms with van der Waals surface area (Å²) in [6, 6.07) is 0. The molecular weight excluding hydrogens is 246 g/mol. The van der Waals surface area contributed by atoms with Crippen LogP contribution in [0.25, 0.3) is 0 Å². The summed E-state index contributed by atoms with van der Waals surface area (Å²) in [6.07, 6.45) is 2.76. The van der Waals surface area contributed by atoms with Gasteiger partial charge in [-0.2, -0.15) is 0 Å². The van der Waals surface area contributed by atoms with Gasteiger partial charge in [0.25, 0.3) is 0 Å². The summed E-state index contributed by atoms with van der Waals surface area (Å²) < 4.78 is 5.37. The molecule has 1 aliphatic carbocycles. The van der Waals surface area contributed by atoms with E-state index in [1.165, 1.54) is 0 Å². The van der Waals surface area contributed by atoms with Crippen molar-refractivity contribution in [2.24, 2.45) is 11.3 Å². The molecule has 5 nitrogen and oxygen atoms in total. The van der Waals surface area contributed by atoms with Crippen molar-refractivity contribution in [2.75, 3.05) is 13.1 Å². The molecule has 0 aromatic carbocycles. The van der Waals surface area contributed by atoms with Gasteiger partial charge in [-0.1, -0.05) is 0 Å². The zero-order chi connectivity index (χ0) is 14.3. The largest absolute Gasteiger partial charge is 0.481 e. The lowest BCUT2D eigenvalue weighted by atomic mass is 10.0. The van der Waals surface area contributed by atoms with Crippen LogP contribution in [0.2, 0.25) is 0 Å². The number of carboxylic acids is 1. The predicted octanol–water partition coefficient (Wildman–Crippen LogP) is 2.50. The second-order valence-corrected chi connectivity index (χ2v) is 6.85. The molecule has 2 unspecified atom stereocenters. The van der Waals surface area contributed by atoms with Gasteiger partial charge < -0.3 is 14.7 Å². The summed E-state index contributed by atoms with van der Waals surface area (Å²) in [7, 11) is 0. The fraction of sp³-hybridized carbons (Fsp3) is 0.857. The summed E-state index contributed by atoms with van der Waals surface area (Å²) in [4.78, 5) is 24.3. The van der Waals surface area contributed by atoms with Crippen molar-refractivity contribution < 1.29 is 19.4 Å². The van der Waals surface area contributed by atoms with Crippen LogP contribution < -0.4 is 0 Å². The van der Waals surface area contributed by atoms with E-state index in [-0.39, 0.29) is 17.9 Å². The van der Waals surface area contributed by atoms with Crippen molar-refractivity contribution in [3.05, 3.63) is 0 Å². The van der Waals surface area contributed by atoms with Gasteiger partial charge in [-0.05, 0) is 51.4 Å². The van der Waals surface area contributed by atoms with Crippen molar-refractivity contribution in [3.8, 4) is 0 Å². The van der Waals surface area contributed by atoms with Crippen molar-refractivity contribution in [2.45, 2.75) is 52.1 Å². The predicted molar refractivity (Wildman–Crippen MR) is 69.8 cm³/mol. The molecule has 1 spiro atoms. The number of hydrogen-bond acceptors (Lipinski definition) is 3. The molecule has 1 amide bonds. The number of hydrogen-bond donors (Lipinski definition) is 1. The molecule has 1 saturated carbocycles. The van der Waals surface area contributed by atoms with E-state index < -0.39 is 11.6 Å². The van der Waals surface area contributed by atoms with Crippen LogP contribution in [0.15, 0.2) is 0 Å². The molecule has 0 aromatic heterocycles. The van der Waals surface area contributed by atoms with E-state index in [0.717, 1.165) is 32.4 Å². The van der Waals surface area contributed by atoms with E-state index >= 15 is 0 Å². The van der Waals surface area contributed by atoms with Crippen molar-refractivity contribution in [1.29, 1.82) is 0 Å². The van der Waals surface area contributed by atoms with E-state index in [2.05, 4.69) is 0 Å². The third kappa shape index (κ3) is 3.39. The van der Waals surface area contributed by atoms with Gasteiger partial charge in [0.05, 0.1) is 0 Å². The molecule has 1 heterocycles. The number of nitrogens with zero attached hydrogens (tertiary/aromatic N) is 1. The van der Waals surface area contributed by atoms with Crippen LogP contribution in [0.1, 0.15) is 46.5 Å². The molecule has 0 bridgehead atoms. The van der Waals surface area contributed by atoms with Crippen LogP contribution in [0, 0.1) is 11.3 Å². The first-order chi connectivity index (χ1) is 8.72. The Hall–Kier alpha value is -1.26. The van der Waals surface area contributed by atoms with Crippen molar-refractivity contribution in [3.63, 3.8) is 0 Å². The van der Waals surface area contributed by atoms with Gasteiger partial charge >= 0.3 is 12.1 Å². The maximum absolute atomic E-state index is 12.0. The number of amides is 1. The maximum atomic E-state index is 12.0. The zero-order valence-corrected chi connectivity index (χ0v) is 11.9. The van der Waals surface area contributed by atoms with Gasteiger partial charge in [0.1, 0.15) is 5.60 Å². The fourth-order valence-electron chi connectivity index (χ4n) is 3.02. The van der Waals surface area contributed by atoms with Crippen LogP contribution in [0.4, 0.5) is 4.79 Å². The molecule has 5 heteroatoms. The van der Waals surface area contributed by atoms with Gasteiger partial charge in [-0.25, -0.2) is 4.79 Å². The molecule has 108 valence electrons. The van der Waals surface area contributed by atoms with Crippen LogP contribution in [-0.4, -0.2) is 40.8 Å². The number of likely N-dealkylation sites (tertiary alicyclic amines) is 1. The molecule has 0 aromatic rings. The molecule has 1 saturated heterocycles. The highest BCUT2D eigenvalue weighted by molar-refractivity contribution is 5.69. The highest BCUT2D eigenvalue weighted by Gasteiger charge is 2.57. The highest BCUT2D eigenvalue weighted by Crippen LogP contribution is 2.60. The first kappa shape index (κ1) is 14.2. The van der Waals surface area contributed by atoms with E-state index in [0.29, 0.717) is 5.92 Å². The lowest BCUT2D eigenvalue weighted by Crippen LogP contribution is -2.35. The standard InChI is InChI=1S/C14H23NO4/c1-13(2,3)19-12(18)15-7-6-14(9-15)8-10(14)4-5-11(16)17/h10H,4-9H2,1-3H3,(H,16,17). The minimum Gasteiger partial charge on any atom is -0.481 e. The SMILES string of the molecule is CC(C)(C)OC(=O)N1CCC2(CC2CCC(=O)O)C1.